The molecule has 1 amide bonds. The second-order valence-electron chi connectivity index (χ2n) is 6.45. The molecule has 2 heterocycles. The van der Waals surface area contributed by atoms with Gasteiger partial charge >= 0.3 is 0 Å². The van der Waals surface area contributed by atoms with Crippen molar-refractivity contribution in [3.8, 4) is 0 Å². The van der Waals surface area contributed by atoms with Crippen molar-refractivity contribution in [2.45, 2.75) is 30.6 Å². The number of anilines is 2. The fourth-order valence-electron chi connectivity index (χ4n) is 3.08. The predicted octanol–water partition coefficient (Wildman–Crippen LogP) is 3.12. The number of primary sulfonamides is 1. The van der Waals surface area contributed by atoms with Crippen LogP contribution in [0.15, 0.2) is 45.9 Å². The van der Waals surface area contributed by atoms with Crippen LogP contribution in [-0.4, -0.2) is 32.4 Å². The molecule has 144 valence electrons. The van der Waals surface area contributed by atoms with E-state index in [0.29, 0.717) is 21.5 Å². The van der Waals surface area contributed by atoms with Gasteiger partial charge in [0, 0.05) is 29.4 Å². The Morgan fingerprint density at radius 2 is 1.85 bits per heavy atom. The highest BCUT2D eigenvalue weighted by atomic mass is 79.9. The van der Waals surface area contributed by atoms with Crippen LogP contribution in [-0.2, 0) is 10.0 Å². The van der Waals surface area contributed by atoms with Gasteiger partial charge in [0.2, 0.25) is 10.0 Å². The average Bonchev–Trinajstić information content (AvgIpc) is 2.90. The van der Waals surface area contributed by atoms with E-state index in [9.17, 15) is 13.2 Å². The maximum Gasteiger partial charge on any atom is 0.259 e. The van der Waals surface area contributed by atoms with Gasteiger partial charge in [-0.3, -0.25) is 4.79 Å². The van der Waals surface area contributed by atoms with Crippen molar-refractivity contribution in [1.29, 1.82) is 0 Å². The summed E-state index contributed by atoms with van der Waals surface area (Å²) in [5.41, 5.74) is 0.792. The molecule has 1 aromatic carbocycles. The summed E-state index contributed by atoms with van der Waals surface area (Å²) in [5, 5.41) is 7.91. The Balaban J connectivity index is 1.89. The van der Waals surface area contributed by atoms with Crippen LogP contribution in [0.1, 0.15) is 36.0 Å². The summed E-state index contributed by atoms with van der Waals surface area (Å²) in [7, 11) is -3.84. The molecule has 27 heavy (non-hydrogen) atoms. The molecular weight excluding hydrogens is 432 g/mol. The predicted molar refractivity (Wildman–Crippen MR) is 108 cm³/mol. The first-order chi connectivity index (χ1) is 12.8. The molecule has 3 rings (SSSR count). The Kier molecular flexibility index (Phi) is 6.13. The molecule has 1 aromatic heterocycles. The highest BCUT2D eigenvalue weighted by Crippen LogP contribution is 2.25. The molecule has 0 bridgehead atoms. The number of sulfonamides is 1. The molecule has 1 aliphatic rings. The Morgan fingerprint density at radius 1 is 1.15 bits per heavy atom. The second-order valence-corrected chi connectivity index (χ2v) is 8.93. The van der Waals surface area contributed by atoms with Crippen molar-refractivity contribution in [3.05, 3.63) is 46.6 Å². The third-order valence-electron chi connectivity index (χ3n) is 4.40. The van der Waals surface area contributed by atoms with Crippen molar-refractivity contribution in [1.82, 2.24) is 4.98 Å². The van der Waals surface area contributed by atoms with E-state index in [0.717, 1.165) is 25.9 Å². The number of nitrogens with two attached hydrogens (primary N) is 1. The fraction of sp³-hybridized carbons (Fsp3) is 0.333. The normalized spacial score (nSPS) is 15.3. The lowest BCUT2D eigenvalue weighted by Crippen LogP contribution is -2.28. The molecule has 0 radical (unpaired) electrons. The zero-order chi connectivity index (χ0) is 19.4. The largest absolute Gasteiger partial charge is 0.356 e. The molecule has 0 aliphatic carbocycles. The number of carbonyl (C=O) groups excluding carboxylic acids is 1. The zero-order valence-electron chi connectivity index (χ0n) is 14.7. The van der Waals surface area contributed by atoms with E-state index < -0.39 is 10.0 Å². The summed E-state index contributed by atoms with van der Waals surface area (Å²) in [6.45, 7) is 1.71. The molecule has 0 atom stereocenters. The fourth-order valence-corrected chi connectivity index (χ4v) is 3.97. The molecule has 0 spiro atoms. The van der Waals surface area contributed by atoms with E-state index >= 15 is 0 Å². The number of hydrogen-bond acceptors (Lipinski definition) is 5. The van der Waals surface area contributed by atoms with E-state index in [1.165, 1.54) is 31.0 Å². The van der Waals surface area contributed by atoms with Crippen LogP contribution >= 0.6 is 15.9 Å². The van der Waals surface area contributed by atoms with Gasteiger partial charge in [0.15, 0.2) is 0 Å². The summed E-state index contributed by atoms with van der Waals surface area (Å²) in [6.07, 6.45) is 6.16. The number of aromatic nitrogens is 1. The minimum absolute atomic E-state index is 0.0552. The van der Waals surface area contributed by atoms with Gasteiger partial charge in [0.25, 0.3) is 5.91 Å². The number of nitrogens with zero attached hydrogens (tertiary/aromatic N) is 2. The summed E-state index contributed by atoms with van der Waals surface area (Å²) >= 11 is 3.37. The average molecular weight is 453 g/mol. The van der Waals surface area contributed by atoms with Gasteiger partial charge in [-0.1, -0.05) is 18.9 Å². The van der Waals surface area contributed by atoms with Crippen LogP contribution in [0, 0.1) is 0 Å². The molecule has 1 fully saturated rings. The molecule has 0 saturated carbocycles. The van der Waals surface area contributed by atoms with Crippen molar-refractivity contribution in [2.75, 3.05) is 23.3 Å². The minimum atomic E-state index is -3.84. The Labute approximate surface area is 167 Å². The van der Waals surface area contributed by atoms with E-state index in [1.807, 2.05) is 0 Å². The molecule has 2 aromatic rings. The first kappa shape index (κ1) is 19.8. The van der Waals surface area contributed by atoms with E-state index in [2.05, 4.69) is 31.1 Å². The Hall–Kier alpha value is -1.97. The molecule has 9 heteroatoms. The van der Waals surface area contributed by atoms with Crippen LogP contribution in [0.5, 0.6) is 0 Å². The molecule has 0 unspecified atom stereocenters. The molecule has 3 N–H and O–H groups in total. The van der Waals surface area contributed by atoms with Gasteiger partial charge < -0.3 is 10.2 Å². The van der Waals surface area contributed by atoms with Crippen molar-refractivity contribution >= 4 is 43.4 Å². The van der Waals surface area contributed by atoms with Crippen molar-refractivity contribution in [2.24, 2.45) is 5.14 Å². The monoisotopic (exact) mass is 452 g/mol. The summed E-state index contributed by atoms with van der Waals surface area (Å²) in [4.78, 5) is 19.4. The van der Waals surface area contributed by atoms with E-state index in [1.54, 1.807) is 18.3 Å². The van der Waals surface area contributed by atoms with Gasteiger partial charge in [0.05, 0.1) is 10.5 Å². The number of hydrogen-bond donors (Lipinski definition) is 2. The minimum Gasteiger partial charge on any atom is -0.356 e. The van der Waals surface area contributed by atoms with Gasteiger partial charge in [0.1, 0.15) is 5.82 Å². The number of amides is 1. The van der Waals surface area contributed by atoms with Crippen LogP contribution < -0.4 is 15.4 Å². The lowest BCUT2D eigenvalue weighted by Gasteiger charge is -2.24. The van der Waals surface area contributed by atoms with Gasteiger partial charge in [-0.2, -0.15) is 0 Å². The maximum absolute atomic E-state index is 12.9. The molecule has 1 aliphatic heterocycles. The lowest BCUT2D eigenvalue weighted by atomic mass is 10.2. The standard InChI is InChI=1S/C18H21BrN4O3S/c19-13-10-16(17(21-12-13)23-8-3-1-2-4-9-23)18(24)22-14-6-5-7-15(11-14)27(20,25)26/h5-7,10-12H,1-4,8-9H2,(H,22,24)(H2,20,25,26). The molecular formula is C18H21BrN4O3S. The van der Waals surface area contributed by atoms with Gasteiger partial charge in [-0.05, 0) is 53.0 Å². The van der Waals surface area contributed by atoms with Crippen LogP contribution in [0.2, 0.25) is 0 Å². The Morgan fingerprint density at radius 3 is 2.52 bits per heavy atom. The van der Waals surface area contributed by atoms with Crippen LogP contribution in [0.3, 0.4) is 0 Å². The number of halogens is 1. The number of rotatable bonds is 4. The van der Waals surface area contributed by atoms with Crippen molar-refractivity contribution in [3.63, 3.8) is 0 Å². The summed E-state index contributed by atoms with van der Waals surface area (Å²) in [5.74, 6) is 0.287. The Bertz CT molecular complexity index is 941. The first-order valence-electron chi connectivity index (χ1n) is 8.69. The second kappa shape index (κ2) is 8.37. The van der Waals surface area contributed by atoms with E-state index in [-0.39, 0.29) is 10.8 Å². The molecule has 1 saturated heterocycles. The van der Waals surface area contributed by atoms with Crippen molar-refractivity contribution < 1.29 is 13.2 Å². The third-order valence-corrected chi connectivity index (χ3v) is 5.75. The zero-order valence-corrected chi connectivity index (χ0v) is 17.1. The first-order valence-corrected chi connectivity index (χ1v) is 11.0. The number of nitrogens with one attached hydrogen (secondary N) is 1. The SMILES string of the molecule is NS(=O)(=O)c1cccc(NC(=O)c2cc(Br)cnc2N2CCCCCC2)c1. The number of pyridine rings is 1. The quantitative estimate of drug-likeness (QED) is 0.740. The third kappa shape index (κ3) is 5.06. The highest BCUT2D eigenvalue weighted by molar-refractivity contribution is 9.10. The summed E-state index contributed by atoms with van der Waals surface area (Å²) in [6, 6.07) is 7.60. The topological polar surface area (TPSA) is 105 Å². The van der Waals surface area contributed by atoms with Crippen LogP contribution in [0.25, 0.3) is 0 Å². The van der Waals surface area contributed by atoms with E-state index in [4.69, 9.17) is 5.14 Å². The lowest BCUT2D eigenvalue weighted by molar-refractivity contribution is 0.102. The highest BCUT2D eigenvalue weighted by Gasteiger charge is 2.20. The van der Waals surface area contributed by atoms with Gasteiger partial charge in [-0.25, -0.2) is 18.5 Å². The van der Waals surface area contributed by atoms with Crippen LogP contribution in [0.4, 0.5) is 11.5 Å². The maximum atomic E-state index is 12.9. The number of benzene rings is 1. The number of carbonyl (C=O) groups is 1. The van der Waals surface area contributed by atoms with Gasteiger partial charge in [-0.15, -0.1) is 0 Å². The molecule has 7 nitrogen and oxygen atoms in total. The smallest absolute Gasteiger partial charge is 0.259 e. The summed E-state index contributed by atoms with van der Waals surface area (Å²) < 4.78 is 23.7.